The number of imide groups is 1. The van der Waals surface area contributed by atoms with Crippen LogP contribution in [0.1, 0.15) is 59.3 Å². The molecule has 0 bridgehead atoms. The van der Waals surface area contributed by atoms with Crippen molar-refractivity contribution in [2.75, 3.05) is 52.6 Å². The number of likely N-dealkylation sites (N-methyl/N-ethyl adjacent to an activating group) is 1. The fraction of sp³-hybridized carbons (Fsp3) is 0.731. The highest BCUT2D eigenvalue weighted by Crippen LogP contribution is 2.09. The van der Waals surface area contributed by atoms with Crippen LogP contribution in [0.3, 0.4) is 0 Å². The Morgan fingerprint density at radius 2 is 1.61 bits per heavy atom. The second kappa shape index (κ2) is 16.4. The number of unbranched alkanes of at least 4 members (excludes halogenated alkanes) is 1. The minimum Gasteiger partial charge on any atom is -0.444 e. The average molecular weight is 605 g/mol. The second-order valence-electron chi connectivity index (χ2n) is 11.6. The molecule has 0 fully saturated rings. The summed E-state index contributed by atoms with van der Waals surface area (Å²) >= 11 is 0. The Morgan fingerprint density at radius 3 is 2.20 bits per heavy atom. The van der Waals surface area contributed by atoms with E-state index in [4.69, 9.17) is 9.29 Å². The largest absolute Gasteiger partial charge is 0.444 e. The lowest BCUT2D eigenvalue weighted by Gasteiger charge is -2.30. The summed E-state index contributed by atoms with van der Waals surface area (Å²) in [6.45, 7) is 6.93. The Bertz CT molecular complexity index is 1050. The highest BCUT2D eigenvalue weighted by atomic mass is 32.2. The van der Waals surface area contributed by atoms with Crippen molar-refractivity contribution in [3.8, 4) is 0 Å². The van der Waals surface area contributed by atoms with Gasteiger partial charge in [-0.3, -0.25) is 28.6 Å². The Labute approximate surface area is 242 Å². The van der Waals surface area contributed by atoms with Gasteiger partial charge in [-0.1, -0.05) is 0 Å². The van der Waals surface area contributed by atoms with Gasteiger partial charge < -0.3 is 25.2 Å². The number of ether oxygens (including phenoxy) is 1. The predicted molar refractivity (Wildman–Crippen MR) is 151 cm³/mol. The highest BCUT2D eigenvalue weighted by molar-refractivity contribution is 7.85. The molecule has 14 nitrogen and oxygen atoms in total. The van der Waals surface area contributed by atoms with Crippen LogP contribution >= 0.6 is 0 Å². The third-order valence-corrected chi connectivity index (χ3v) is 6.92. The van der Waals surface area contributed by atoms with E-state index in [1.807, 2.05) is 14.1 Å². The molecule has 4 N–H and O–H groups in total. The van der Waals surface area contributed by atoms with Crippen LogP contribution in [0.2, 0.25) is 0 Å². The molecule has 0 saturated heterocycles. The summed E-state index contributed by atoms with van der Waals surface area (Å²) in [5.74, 6) is -1.70. The molecule has 0 aromatic rings. The molecule has 0 aromatic heterocycles. The van der Waals surface area contributed by atoms with E-state index in [1.54, 1.807) is 20.8 Å². The minimum atomic E-state index is -4.03. The monoisotopic (exact) mass is 604 g/mol. The van der Waals surface area contributed by atoms with Gasteiger partial charge in [-0.25, -0.2) is 4.79 Å². The first-order chi connectivity index (χ1) is 18.9. The van der Waals surface area contributed by atoms with E-state index >= 15 is 0 Å². The van der Waals surface area contributed by atoms with E-state index in [-0.39, 0.29) is 49.4 Å². The number of nitrogens with zero attached hydrogens (tertiary/aromatic N) is 2. The second-order valence-corrected chi connectivity index (χ2v) is 13.2. The summed E-state index contributed by atoms with van der Waals surface area (Å²) in [6, 6.07) is -0.861. The first kappa shape index (κ1) is 36.0. The average Bonchev–Trinajstić information content (AvgIpc) is 3.13. The maximum absolute atomic E-state index is 12.9. The first-order valence-electron chi connectivity index (χ1n) is 13.7. The van der Waals surface area contributed by atoms with E-state index in [1.165, 1.54) is 12.2 Å². The van der Waals surface area contributed by atoms with Crippen molar-refractivity contribution < 1.29 is 46.2 Å². The standard InChI is InChI=1S/C26H45N5O9S/c1-26(2,3)40-25(36)29-20(24(35)28-15-18-31(4,5)17-9-19-41(37,38)39)10-6-7-14-27-21(32)11-8-16-30-22(33)12-13-23(30)34/h12-13,20H,6-11,14-19H2,1-5H3,(H3-,27,28,29,32,35,36,37,38,39)/p+1. The zero-order valence-corrected chi connectivity index (χ0v) is 25.5. The number of nitrogens with one attached hydrogen (secondary N) is 3. The number of rotatable bonds is 18. The molecule has 1 heterocycles. The maximum atomic E-state index is 12.9. The molecular weight excluding hydrogens is 558 g/mol. The van der Waals surface area contributed by atoms with Gasteiger partial charge in [0, 0.05) is 38.1 Å². The fourth-order valence-electron chi connectivity index (χ4n) is 3.95. The molecule has 1 unspecified atom stereocenters. The molecule has 0 saturated carbocycles. The smallest absolute Gasteiger partial charge is 0.408 e. The number of hydrogen-bond acceptors (Lipinski definition) is 8. The van der Waals surface area contributed by atoms with Crippen molar-refractivity contribution in [1.29, 1.82) is 0 Å². The molecule has 41 heavy (non-hydrogen) atoms. The lowest BCUT2D eigenvalue weighted by atomic mass is 10.1. The van der Waals surface area contributed by atoms with Crippen LogP contribution in [0.15, 0.2) is 12.2 Å². The van der Waals surface area contributed by atoms with Gasteiger partial charge in [0.1, 0.15) is 11.6 Å². The van der Waals surface area contributed by atoms with Crippen LogP contribution in [0.5, 0.6) is 0 Å². The summed E-state index contributed by atoms with van der Waals surface area (Å²) in [4.78, 5) is 61.5. The molecule has 1 rings (SSSR count). The molecule has 0 spiro atoms. The topological polar surface area (TPSA) is 188 Å². The number of alkyl carbamates (subject to hydrolysis) is 1. The van der Waals surface area contributed by atoms with Gasteiger partial charge in [-0.15, -0.1) is 0 Å². The van der Waals surface area contributed by atoms with Gasteiger partial charge in [0.2, 0.25) is 11.8 Å². The van der Waals surface area contributed by atoms with Gasteiger partial charge in [-0.2, -0.15) is 8.42 Å². The van der Waals surface area contributed by atoms with E-state index in [9.17, 15) is 32.4 Å². The van der Waals surface area contributed by atoms with Crippen molar-refractivity contribution in [3.63, 3.8) is 0 Å². The van der Waals surface area contributed by atoms with Crippen molar-refractivity contribution in [3.05, 3.63) is 12.2 Å². The van der Waals surface area contributed by atoms with Gasteiger partial charge in [0.05, 0.1) is 39.5 Å². The van der Waals surface area contributed by atoms with Crippen LogP contribution in [0.4, 0.5) is 4.79 Å². The molecular formula is C26H46N5O9S+. The molecule has 1 aliphatic rings. The fourth-order valence-corrected chi connectivity index (χ4v) is 4.44. The Kier molecular flexibility index (Phi) is 14.4. The van der Waals surface area contributed by atoms with E-state index in [0.29, 0.717) is 49.8 Å². The predicted octanol–water partition coefficient (Wildman–Crippen LogP) is 0.342. The van der Waals surface area contributed by atoms with E-state index < -0.39 is 33.8 Å². The molecule has 0 aliphatic carbocycles. The number of quaternary nitrogens is 1. The summed E-state index contributed by atoms with van der Waals surface area (Å²) in [5.41, 5.74) is -0.745. The first-order valence-corrected chi connectivity index (χ1v) is 15.3. The molecule has 0 radical (unpaired) electrons. The summed E-state index contributed by atoms with van der Waals surface area (Å²) < 4.78 is 36.5. The molecule has 5 amide bonds. The van der Waals surface area contributed by atoms with Crippen molar-refractivity contribution in [1.82, 2.24) is 20.9 Å². The lowest BCUT2D eigenvalue weighted by molar-refractivity contribution is -0.889. The van der Waals surface area contributed by atoms with Gasteiger partial charge in [-0.05, 0) is 46.5 Å². The van der Waals surface area contributed by atoms with E-state index in [2.05, 4.69) is 16.0 Å². The van der Waals surface area contributed by atoms with Crippen molar-refractivity contribution >= 4 is 39.8 Å². The zero-order chi connectivity index (χ0) is 31.3. The number of hydrogen-bond donors (Lipinski definition) is 4. The van der Waals surface area contributed by atoms with Gasteiger partial charge in [0.25, 0.3) is 21.9 Å². The Balaban J connectivity index is 2.47. The normalized spacial score (nSPS) is 14.6. The summed E-state index contributed by atoms with van der Waals surface area (Å²) in [7, 11) is -0.270. The van der Waals surface area contributed by atoms with Gasteiger partial charge >= 0.3 is 6.09 Å². The molecule has 234 valence electrons. The van der Waals surface area contributed by atoms with Crippen LogP contribution in [-0.4, -0.2) is 116 Å². The zero-order valence-electron chi connectivity index (χ0n) is 24.7. The Morgan fingerprint density at radius 1 is 0.976 bits per heavy atom. The van der Waals surface area contributed by atoms with Crippen LogP contribution in [0.25, 0.3) is 0 Å². The molecule has 1 aliphatic heterocycles. The molecule has 1 atom stereocenters. The van der Waals surface area contributed by atoms with Crippen LogP contribution in [-0.2, 0) is 34.0 Å². The molecule has 0 aromatic carbocycles. The SMILES string of the molecule is CC(C)(C)OC(=O)NC(CCCCNC(=O)CCCN1C(=O)C=CC1=O)C(=O)NCC[N+](C)(C)CCCS(=O)(=O)O. The minimum absolute atomic E-state index is 0.160. The van der Waals surface area contributed by atoms with Crippen LogP contribution in [0, 0.1) is 0 Å². The van der Waals surface area contributed by atoms with Crippen molar-refractivity contribution in [2.45, 2.75) is 70.9 Å². The highest BCUT2D eigenvalue weighted by Gasteiger charge is 2.25. The van der Waals surface area contributed by atoms with Crippen molar-refractivity contribution in [2.24, 2.45) is 0 Å². The maximum Gasteiger partial charge on any atom is 0.408 e. The number of carbonyl (C=O) groups is 5. The van der Waals surface area contributed by atoms with Gasteiger partial charge in [0.15, 0.2) is 0 Å². The number of carbonyl (C=O) groups excluding carboxylic acids is 5. The third kappa shape index (κ3) is 16.7. The third-order valence-electron chi connectivity index (χ3n) is 6.12. The number of amides is 5. The Hall–Kier alpha value is -3.04. The van der Waals surface area contributed by atoms with E-state index in [0.717, 1.165) is 4.90 Å². The van der Waals surface area contributed by atoms with Crippen LogP contribution < -0.4 is 16.0 Å². The summed E-state index contributed by atoms with van der Waals surface area (Å²) in [5, 5.41) is 8.19. The quantitative estimate of drug-likeness (QED) is 0.0740. The summed E-state index contributed by atoms with van der Waals surface area (Å²) in [6.07, 6.45) is 3.83. The molecule has 15 heteroatoms. The lowest BCUT2D eigenvalue weighted by Crippen LogP contribution is -2.51.